The minimum atomic E-state index is -0.765. The van der Waals surface area contributed by atoms with Crippen LogP contribution < -0.4 is 5.32 Å². The SMILES string of the molecule is Cc1cccc(NC(=O)COC(=O)/C=C/c2ccccc2[N+](=O)[O-])c1C. The van der Waals surface area contributed by atoms with E-state index in [-0.39, 0.29) is 11.3 Å². The third kappa shape index (κ3) is 5.01. The van der Waals surface area contributed by atoms with E-state index in [1.807, 2.05) is 26.0 Å². The van der Waals surface area contributed by atoms with Gasteiger partial charge in [0.15, 0.2) is 6.61 Å². The zero-order valence-corrected chi connectivity index (χ0v) is 14.4. The Morgan fingerprint density at radius 2 is 1.88 bits per heavy atom. The number of benzene rings is 2. The Labute approximate surface area is 150 Å². The van der Waals surface area contributed by atoms with Gasteiger partial charge in [-0.25, -0.2) is 4.79 Å². The molecule has 2 aromatic carbocycles. The number of nitrogens with zero attached hydrogens (tertiary/aromatic N) is 1. The van der Waals surface area contributed by atoms with Crippen LogP contribution in [-0.4, -0.2) is 23.4 Å². The molecular formula is C19H18N2O5. The molecule has 134 valence electrons. The first-order chi connectivity index (χ1) is 12.4. The van der Waals surface area contributed by atoms with Gasteiger partial charge in [-0.15, -0.1) is 0 Å². The number of amides is 1. The predicted octanol–water partition coefficient (Wildman–Crippen LogP) is 3.41. The number of hydrogen-bond donors (Lipinski definition) is 1. The van der Waals surface area contributed by atoms with Gasteiger partial charge in [-0.05, 0) is 43.2 Å². The van der Waals surface area contributed by atoms with Crippen LogP contribution in [0.15, 0.2) is 48.5 Å². The molecule has 0 aromatic heterocycles. The Bertz CT molecular complexity index is 874. The highest BCUT2D eigenvalue weighted by Crippen LogP contribution is 2.19. The molecule has 0 saturated heterocycles. The second-order valence-corrected chi connectivity index (χ2v) is 5.55. The summed E-state index contributed by atoms with van der Waals surface area (Å²) in [6, 6.07) is 11.5. The van der Waals surface area contributed by atoms with Crippen molar-refractivity contribution in [2.24, 2.45) is 0 Å². The Morgan fingerprint density at radius 1 is 1.15 bits per heavy atom. The first-order valence-electron chi connectivity index (χ1n) is 7.83. The Morgan fingerprint density at radius 3 is 2.62 bits per heavy atom. The average Bonchev–Trinajstić information content (AvgIpc) is 2.62. The molecule has 2 aromatic rings. The van der Waals surface area contributed by atoms with Gasteiger partial charge < -0.3 is 10.1 Å². The summed E-state index contributed by atoms with van der Waals surface area (Å²) in [5.41, 5.74) is 2.77. The second-order valence-electron chi connectivity index (χ2n) is 5.55. The zero-order chi connectivity index (χ0) is 19.1. The summed E-state index contributed by atoms with van der Waals surface area (Å²) in [7, 11) is 0. The van der Waals surface area contributed by atoms with Crippen molar-refractivity contribution in [3.63, 3.8) is 0 Å². The van der Waals surface area contributed by atoms with Crippen molar-refractivity contribution in [2.75, 3.05) is 11.9 Å². The number of ether oxygens (including phenoxy) is 1. The molecule has 1 N–H and O–H groups in total. The largest absolute Gasteiger partial charge is 0.452 e. The molecule has 0 atom stereocenters. The van der Waals surface area contributed by atoms with E-state index in [9.17, 15) is 19.7 Å². The van der Waals surface area contributed by atoms with Crippen LogP contribution in [-0.2, 0) is 14.3 Å². The number of esters is 1. The van der Waals surface area contributed by atoms with Gasteiger partial charge in [0.1, 0.15) is 0 Å². The predicted molar refractivity (Wildman–Crippen MR) is 97.6 cm³/mol. The number of nitrogens with one attached hydrogen (secondary N) is 1. The minimum absolute atomic E-state index is 0.121. The smallest absolute Gasteiger partial charge is 0.331 e. The summed E-state index contributed by atoms with van der Waals surface area (Å²) in [5.74, 6) is -1.23. The van der Waals surface area contributed by atoms with Crippen LogP contribution in [0.4, 0.5) is 11.4 Å². The average molecular weight is 354 g/mol. The van der Waals surface area contributed by atoms with Crippen molar-refractivity contribution in [1.82, 2.24) is 0 Å². The van der Waals surface area contributed by atoms with E-state index in [0.717, 1.165) is 17.2 Å². The van der Waals surface area contributed by atoms with Gasteiger partial charge in [0.2, 0.25) is 0 Å². The van der Waals surface area contributed by atoms with Gasteiger partial charge in [0.05, 0.1) is 10.5 Å². The van der Waals surface area contributed by atoms with Crippen molar-refractivity contribution < 1.29 is 19.2 Å². The van der Waals surface area contributed by atoms with Crippen LogP contribution in [0.3, 0.4) is 0 Å². The lowest BCUT2D eigenvalue weighted by Crippen LogP contribution is -2.20. The Hall–Kier alpha value is -3.48. The van der Waals surface area contributed by atoms with Crippen molar-refractivity contribution >= 4 is 29.3 Å². The molecule has 0 unspecified atom stereocenters. The van der Waals surface area contributed by atoms with E-state index in [0.29, 0.717) is 5.69 Å². The highest BCUT2D eigenvalue weighted by molar-refractivity contribution is 5.95. The molecule has 2 rings (SSSR count). The number of rotatable bonds is 6. The van der Waals surface area contributed by atoms with Crippen LogP contribution in [0.1, 0.15) is 16.7 Å². The molecular weight excluding hydrogens is 336 g/mol. The normalized spacial score (nSPS) is 10.5. The monoisotopic (exact) mass is 354 g/mol. The summed E-state index contributed by atoms with van der Waals surface area (Å²) in [6.07, 6.45) is 2.33. The van der Waals surface area contributed by atoms with Gasteiger partial charge in [0, 0.05) is 17.8 Å². The molecule has 0 saturated carbocycles. The topological polar surface area (TPSA) is 98.5 Å². The lowest BCUT2D eigenvalue weighted by molar-refractivity contribution is -0.385. The van der Waals surface area contributed by atoms with Crippen LogP contribution in [0.5, 0.6) is 0 Å². The van der Waals surface area contributed by atoms with E-state index >= 15 is 0 Å². The van der Waals surface area contributed by atoms with Crippen LogP contribution in [0.25, 0.3) is 6.08 Å². The van der Waals surface area contributed by atoms with Crippen LogP contribution in [0, 0.1) is 24.0 Å². The molecule has 0 spiro atoms. The lowest BCUT2D eigenvalue weighted by atomic mass is 10.1. The number of nitro groups is 1. The van der Waals surface area contributed by atoms with Crippen LogP contribution >= 0.6 is 0 Å². The number of anilines is 1. The fourth-order valence-electron chi connectivity index (χ4n) is 2.21. The number of para-hydroxylation sites is 1. The van der Waals surface area contributed by atoms with Crippen molar-refractivity contribution in [2.45, 2.75) is 13.8 Å². The maximum atomic E-state index is 11.9. The fourth-order valence-corrected chi connectivity index (χ4v) is 2.21. The van der Waals surface area contributed by atoms with Crippen molar-refractivity contribution in [3.05, 3.63) is 75.3 Å². The molecule has 0 aliphatic rings. The van der Waals surface area contributed by atoms with Gasteiger partial charge in [-0.3, -0.25) is 14.9 Å². The lowest BCUT2D eigenvalue weighted by Gasteiger charge is -2.10. The van der Waals surface area contributed by atoms with Gasteiger partial charge >= 0.3 is 5.97 Å². The summed E-state index contributed by atoms with van der Waals surface area (Å²) >= 11 is 0. The molecule has 1 amide bonds. The standard InChI is InChI=1S/C19H18N2O5/c1-13-6-5-8-16(14(13)2)20-18(22)12-26-19(23)11-10-15-7-3-4-9-17(15)21(24)25/h3-11H,12H2,1-2H3,(H,20,22)/b11-10+. The highest BCUT2D eigenvalue weighted by Gasteiger charge is 2.11. The number of carbonyl (C=O) groups is 2. The van der Waals surface area contributed by atoms with Crippen molar-refractivity contribution in [1.29, 1.82) is 0 Å². The molecule has 0 radical (unpaired) electrons. The summed E-state index contributed by atoms with van der Waals surface area (Å²) < 4.78 is 4.86. The zero-order valence-electron chi connectivity index (χ0n) is 14.4. The Kier molecular flexibility index (Phi) is 6.21. The summed E-state index contributed by atoms with van der Waals surface area (Å²) in [6.45, 7) is 3.36. The number of nitro benzene ring substituents is 1. The van der Waals surface area contributed by atoms with Gasteiger partial charge in [-0.1, -0.05) is 24.3 Å². The van der Waals surface area contributed by atoms with Crippen molar-refractivity contribution in [3.8, 4) is 0 Å². The fraction of sp³-hybridized carbons (Fsp3) is 0.158. The number of aryl methyl sites for hydroxylation is 1. The molecule has 26 heavy (non-hydrogen) atoms. The Balaban J connectivity index is 1.91. The number of carbonyl (C=O) groups excluding carboxylic acids is 2. The molecule has 0 aliphatic heterocycles. The van der Waals surface area contributed by atoms with E-state index < -0.39 is 23.4 Å². The second kappa shape index (κ2) is 8.57. The van der Waals surface area contributed by atoms with Crippen LogP contribution in [0.2, 0.25) is 0 Å². The third-order valence-electron chi connectivity index (χ3n) is 3.76. The quantitative estimate of drug-likeness (QED) is 0.371. The first-order valence-corrected chi connectivity index (χ1v) is 7.83. The maximum absolute atomic E-state index is 11.9. The van der Waals surface area contributed by atoms with E-state index in [1.54, 1.807) is 12.1 Å². The molecule has 0 bridgehead atoms. The summed E-state index contributed by atoms with van der Waals surface area (Å²) in [4.78, 5) is 34.0. The number of hydrogen-bond acceptors (Lipinski definition) is 5. The first kappa shape index (κ1) is 18.9. The van der Waals surface area contributed by atoms with E-state index in [1.165, 1.54) is 24.3 Å². The summed E-state index contributed by atoms with van der Waals surface area (Å²) in [5, 5.41) is 13.6. The molecule has 0 fully saturated rings. The molecule has 0 heterocycles. The highest BCUT2D eigenvalue weighted by atomic mass is 16.6. The molecule has 0 aliphatic carbocycles. The van der Waals surface area contributed by atoms with E-state index in [4.69, 9.17) is 4.74 Å². The van der Waals surface area contributed by atoms with Gasteiger partial charge in [0.25, 0.3) is 11.6 Å². The molecule has 7 nitrogen and oxygen atoms in total. The van der Waals surface area contributed by atoms with Gasteiger partial charge in [-0.2, -0.15) is 0 Å². The minimum Gasteiger partial charge on any atom is -0.452 e. The third-order valence-corrected chi connectivity index (χ3v) is 3.76. The van der Waals surface area contributed by atoms with E-state index in [2.05, 4.69) is 5.32 Å². The molecule has 7 heteroatoms. The maximum Gasteiger partial charge on any atom is 0.331 e.